The molecule has 3 heteroatoms. The topological polar surface area (TPSA) is 18.5 Å². The molecule has 0 amide bonds. The molecule has 1 aliphatic carbocycles. The minimum Gasteiger partial charge on any atom is -0.336 e. The summed E-state index contributed by atoms with van der Waals surface area (Å²) in [5.41, 5.74) is 0. The van der Waals surface area contributed by atoms with Gasteiger partial charge in [-0.15, -0.1) is 0 Å². The Bertz CT molecular complexity index is 170. The first-order valence-corrected chi connectivity index (χ1v) is 8.20. The van der Waals surface area contributed by atoms with Crippen molar-refractivity contribution in [3.8, 4) is 0 Å². The van der Waals surface area contributed by atoms with Crippen LogP contribution >= 0.6 is 9.03 Å². The lowest BCUT2D eigenvalue weighted by molar-refractivity contribution is 0.142. The molecule has 0 aromatic heterocycles. The summed E-state index contributed by atoms with van der Waals surface area (Å²) < 4.78 is 11.5. The highest BCUT2D eigenvalue weighted by Crippen LogP contribution is 2.28. The average Bonchev–Trinajstić information content (AvgIpc) is 2.39. The Morgan fingerprint density at radius 1 is 1.18 bits per heavy atom. The second-order valence-electron chi connectivity index (χ2n) is 5.19. The second-order valence-corrected chi connectivity index (χ2v) is 5.88. The van der Waals surface area contributed by atoms with Gasteiger partial charge in [-0.25, -0.2) is 0 Å². The van der Waals surface area contributed by atoms with Crippen molar-refractivity contribution in [2.75, 3.05) is 6.61 Å². The molecular weight excluding hydrogens is 231 g/mol. The van der Waals surface area contributed by atoms with Gasteiger partial charge < -0.3 is 9.05 Å². The highest BCUT2D eigenvalue weighted by Gasteiger charge is 2.14. The summed E-state index contributed by atoms with van der Waals surface area (Å²) in [6, 6.07) is 0. The van der Waals surface area contributed by atoms with Crippen LogP contribution in [0.25, 0.3) is 0 Å². The normalized spacial score (nSPS) is 20.1. The maximum atomic E-state index is 5.79. The van der Waals surface area contributed by atoms with Gasteiger partial charge in [-0.2, -0.15) is 0 Å². The smallest absolute Gasteiger partial charge is 0.155 e. The summed E-state index contributed by atoms with van der Waals surface area (Å²) in [5, 5.41) is 0. The number of hydrogen-bond donors (Lipinski definition) is 0. The predicted molar refractivity (Wildman–Crippen MR) is 75.5 cm³/mol. The van der Waals surface area contributed by atoms with Crippen LogP contribution in [0.3, 0.4) is 0 Å². The maximum Gasteiger partial charge on any atom is 0.155 e. The number of hydrogen-bond acceptors (Lipinski definition) is 2. The molecular formula is C14H29O2P. The van der Waals surface area contributed by atoms with Crippen LogP contribution in [0, 0.1) is 5.92 Å². The summed E-state index contributed by atoms with van der Waals surface area (Å²) >= 11 is 0. The van der Waals surface area contributed by atoms with Gasteiger partial charge in [0.05, 0.1) is 12.7 Å². The lowest BCUT2D eigenvalue weighted by atomic mass is 9.98. The molecule has 0 saturated heterocycles. The van der Waals surface area contributed by atoms with E-state index in [1.807, 2.05) is 0 Å². The maximum absolute atomic E-state index is 5.79. The molecule has 17 heavy (non-hydrogen) atoms. The molecule has 0 radical (unpaired) electrons. The van der Waals surface area contributed by atoms with Crippen LogP contribution in [0.1, 0.15) is 71.6 Å². The fraction of sp³-hybridized carbons (Fsp3) is 1.00. The van der Waals surface area contributed by atoms with Crippen LogP contribution in [0.2, 0.25) is 0 Å². The van der Waals surface area contributed by atoms with E-state index in [9.17, 15) is 0 Å². The first kappa shape index (κ1) is 15.4. The third-order valence-corrected chi connectivity index (χ3v) is 4.40. The number of unbranched alkanes of at least 4 members (excludes halogenated alkanes) is 1. The summed E-state index contributed by atoms with van der Waals surface area (Å²) in [7, 11) is 0.264. The fourth-order valence-electron chi connectivity index (χ4n) is 2.34. The molecule has 1 aliphatic rings. The highest BCUT2D eigenvalue weighted by molar-refractivity contribution is 7.26. The molecule has 0 spiro atoms. The zero-order chi connectivity index (χ0) is 12.3. The lowest BCUT2D eigenvalue weighted by Gasteiger charge is -2.22. The first-order valence-electron chi connectivity index (χ1n) is 7.39. The summed E-state index contributed by atoms with van der Waals surface area (Å²) in [4.78, 5) is 0. The van der Waals surface area contributed by atoms with Gasteiger partial charge in [-0.1, -0.05) is 52.4 Å². The molecule has 0 aromatic carbocycles. The second kappa shape index (κ2) is 10.3. The minimum absolute atomic E-state index is 0.264. The molecule has 2 unspecified atom stereocenters. The van der Waals surface area contributed by atoms with Crippen molar-refractivity contribution in [1.82, 2.24) is 0 Å². The molecule has 0 aromatic rings. The quantitative estimate of drug-likeness (QED) is 0.425. The SMILES string of the molecule is CCCCC(CC)COPOC1CCCCC1. The lowest BCUT2D eigenvalue weighted by Crippen LogP contribution is -2.13. The molecule has 1 saturated carbocycles. The Labute approximate surface area is 109 Å². The standard InChI is InChI=1S/C14H29O2P/c1-3-5-9-13(4-2)12-15-17-16-14-10-7-6-8-11-14/h13-14,17H,3-12H2,1-2H3. The van der Waals surface area contributed by atoms with Gasteiger partial charge in [0.25, 0.3) is 0 Å². The summed E-state index contributed by atoms with van der Waals surface area (Å²) in [5.74, 6) is 0.734. The molecule has 0 aliphatic heterocycles. The molecule has 0 bridgehead atoms. The van der Waals surface area contributed by atoms with Crippen molar-refractivity contribution in [2.24, 2.45) is 5.92 Å². The van der Waals surface area contributed by atoms with Gasteiger partial charge in [0, 0.05) is 0 Å². The third-order valence-electron chi connectivity index (χ3n) is 3.69. The molecule has 2 atom stereocenters. The highest BCUT2D eigenvalue weighted by atomic mass is 31.1. The van der Waals surface area contributed by atoms with Crippen molar-refractivity contribution < 1.29 is 9.05 Å². The van der Waals surface area contributed by atoms with E-state index in [-0.39, 0.29) is 9.03 Å². The Morgan fingerprint density at radius 3 is 2.59 bits per heavy atom. The van der Waals surface area contributed by atoms with Gasteiger partial charge in [0.15, 0.2) is 9.03 Å². The summed E-state index contributed by atoms with van der Waals surface area (Å²) in [6.45, 7) is 5.40. The molecule has 1 rings (SSSR count). The van der Waals surface area contributed by atoms with E-state index in [4.69, 9.17) is 9.05 Å². The Kier molecular flexibility index (Phi) is 9.33. The van der Waals surface area contributed by atoms with E-state index in [0.717, 1.165) is 12.5 Å². The van der Waals surface area contributed by atoms with Crippen LogP contribution in [-0.2, 0) is 9.05 Å². The predicted octanol–water partition coefficient (Wildman–Crippen LogP) is 5.08. The van der Waals surface area contributed by atoms with E-state index >= 15 is 0 Å². The minimum atomic E-state index is 0.264. The van der Waals surface area contributed by atoms with Gasteiger partial charge >= 0.3 is 0 Å². The third kappa shape index (κ3) is 7.39. The zero-order valence-corrected chi connectivity index (χ0v) is 12.5. The van der Waals surface area contributed by atoms with Gasteiger partial charge in [0.1, 0.15) is 0 Å². The molecule has 0 N–H and O–H groups in total. The Hall–Kier alpha value is 0.350. The van der Waals surface area contributed by atoms with Crippen molar-refractivity contribution >= 4 is 9.03 Å². The fourth-order valence-corrected chi connectivity index (χ4v) is 3.08. The van der Waals surface area contributed by atoms with Crippen molar-refractivity contribution in [3.63, 3.8) is 0 Å². The molecule has 2 nitrogen and oxygen atoms in total. The van der Waals surface area contributed by atoms with Crippen molar-refractivity contribution in [1.29, 1.82) is 0 Å². The Balaban J connectivity index is 1.97. The van der Waals surface area contributed by atoms with E-state index in [1.165, 1.54) is 57.8 Å². The molecule has 1 fully saturated rings. The van der Waals surface area contributed by atoms with E-state index in [0.29, 0.717) is 6.10 Å². The summed E-state index contributed by atoms with van der Waals surface area (Å²) in [6.07, 6.45) is 12.2. The van der Waals surface area contributed by atoms with Crippen molar-refractivity contribution in [3.05, 3.63) is 0 Å². The van der Waals surface area contributed by atoms with Gasteiger partial charge in [0.2, 0.25) is 0 Å². The largest absolute Gasteiger partial charge is 0.336 e. The van der Waals surface area contributed by atoms with Crippen LogP contribution in [-0.4, -0.2) is 12.7 Å². The van der Waals surface area contributed by atoms with Crippen LogP contribution in [0.15, 0.2) is 0 Å². The van der Waals surface area contributed by atoms with Crippen LogP contribution in [0.5, 0.6) is 0 Å². The van der Waals surface area contributed by atoms with Crippen molar-refractivity contribution in [2.45, 2.75) is 77.7 Å². The Morgan fingerprint density at radius 2 is 1.94 bits per heavy atom. The monoisotopic (exact) mass is 260 g/mol. The zero-order valence-electron chi connectivity index (χ0n) is 11.5. The van der Waals surface area contributed by atoms with Gasteiger partial charge in [-0.05, 0) is 25.2 Å². The van der Waals surface area contributed by atoms with E-state index in [1.54, 1.807) is 0 Å². The van der Waals surface area contributed by atoms with Crippen LogP contribution < -0.4 is 0 Å². The molecule has 0 heterocycles. The number of rotatable bonds is 9. The van der Waals surface area contributed by atoms with E-state index in [2.05, 4.69) is 13.8 Å². The molecule has 102 valence electrons. The van der Waals surface area contributed by atoms with Crippen LogP contribution in [0.4, 0.5) is 0 Å². The average molecular weight is 260 g/mol. The van der Waals surface area contributed by atoms with Gasteiger partial charge in [-0.3, -0.25) is 0 Å². The van der Waals surface area contributed by atoms with E-state index < -0.39 is 0 Å². The first-order chi connectivity index (χ1) is 8.36.